The molecule has 0 aromatic rings. The smallest absolute Gasteiger partial charge is 0.306 e. The molecule has 0 bridgehead atoms. The van der Waals surface area contributed by atoms with Gasteiger partial charge in [0.2, 0.25) is 0 Å². The van der Waals surface area contributed by atoms with Gasteiger partial charge in [-0.3, -0.25) is 14.4 Å². The summed E-state index contributed by atoms with van der Waals surface area (Å²) in [6.07, 6.45) is 50.9. The van der Waals surface area contributed by atoms with Crippen molar-refractivity contribution < 1.29 is 28.6 Å². The highest BCUT2D eigenvalue weighted by Crippen LogP contribution is 2.14. The summed E-state index contributed by atoms with van der Waals surface area (Å²) in [5.41, 5.74) is 0. The molecular weight excluding hydrogens is 685 g/mol. The van der Waals surface area contributed by atoms with E-state index in [4.69, 9.17) is 14.2 Å². The van der Waals surface area contributed by atoms with Crippen LogP contribution in [0, 0.1) is 0 Å². The van der Waals surface area contributed by atoms with Crippen LogP contribution in [-0.4, -0.2) is 37.2 Å². The van der Waals surface area contributed by atoms with Gasteiger partial charge in [0.05, 0.1) is 0 Å². The van der Waals surface area contributed by atoms with E-state index in [0.29, 0.717) is 19.3 Å². The lowest BCUT2D eigenvalue weighted by Gasteiger charge is -2.18. The van der Waals surface area contributed by atoms with Gasteiger partial charge in [0.25, 0.3) is 0 Å². The van der Waals surface area contributed by atoms with E-state index in [9.17, 15) is 14.4 Å². The molecule has 0 heterocycles. The van der Waals surface area contributed by atoms with Gasteiger partial charge in [0, 0.05) is 19.3 Å². The van der Waals surface area contributed by atoms with Crippen LogP contribution < -0.4 is 0 Å². The molecule has 0 saturated heterocycles. The molecule has 6 nitrogen and oxygen atoms in total. The SMILES string of the molecule is CC/C=C\C/C=C\C/C=C\CCCCCCCC(=O)O[C@H](COC(=O)CCCCCCC/C=C\CCCC)COC(=O)CCCCCCCCCCCCC. The summed E-state index contributed by atoms with van der Waals surface area (Å²) in [5.74, 6) is -0.909. The van der Waals surface area contributed by atoms with Crippen molar-refractivity contribution in [1.82, 2.24) is 0 Å². The Kier molecular flexibility index (Phi) is 42.0. The molecule has 0 aliphatic rings. The van der Waals surface area contributed by atoms with Crippen molar-refractivity contribution in [2.45, 2.75) is 232 Å². The van der Waals surface area contributed by atoms with Crippen LogP contribution >= 0.6 is 0 Å². The first-order valence-corrected chi connectivity index (χ1v) is 23.1. The van der Waals surface area contributed by atoms with E-state index in [2.05, 4.69) is 69.4 Å². The average Bonchev–Trinajstić information content (AvgIpc) is 3.18. The van der Waals surface area contributed by atoms with Crippen LogP contribution in [0.2, 0.25) is 0 Å². The summed E-state index contributed by atoms with van der Waals surface area (Å²) in [6.45, 7) is 6.45. The summed E-state index contributed by atoms with van der Waals surface area (Å²) in [4.78, 5) is 37.7. The lowest BCUT2D eigenvalue weighted by atomic mass is 10.1. The molecule has 0 spiro atoms. The van der Waals surface area contributed by atoms with E-state index in [1.165, 1.54) is 83.5 Å². The largest absolute Gasteiger partial charge is 0.462 e. The summed E-state index contributed by atoms with van der Waals surface area (Å²) in [7, 11) is 0. The maximum absolute atomic E-state index is 12.7. The first kappa shape index (κ1) is 52.4. The van der Waals surface area contributed by atoms with Crippen molar-refractivity contribution in [2.75, 3.05) is 13.2 Å². The van der Waals surface area contributed by atoms with Gasteiger partial charge in [0.15, 0.2) is 6.10 Å². The van der Waals surface area contributed by atoms with Gasteiger partial charge in [0.1, 0.15) is 13.2 Å². The van der Waals surface area contributed by atoms with Gasteiger partial charge >= 0.3 is 17.9 Å². The van der Waals surface area contributed by atoms with Crippen LogP contribution in [0.4, 0.5) is 0 Å². The first-order valence-electron chi connectivity index (χ1n) is 23.1. The molecule has 318 valence electrons. The number of hydrogen-bond acceptors (Lipinski definition) is 6. The predicted octanol–water partition coefficient (Wildman–Crippen LogP) is 14.8. The average molecular weight is 771 g/mol. The van der Waals surface area contributed by atoms with Gasteiger partial charge in [-0.25, -0.2) is 0 Å². The van der Waals surface area contributed by atoms with Crippen LogP contribution in [0.5, 0.6) is 0 Å². The molecule has 0 N–H and O–H groups in total. The van der Waals surface area contributed by atoms with Crippen molar-refractivity contribution in [3.05, 3.63) is 48.6 Å². The quantitative estimate of drug-likeness (QED) is 0.0267. The molecule has 0 fully saturated rings. The van der Waals surface area contributed by atoms with Crippen molar-refractivity contribution in [3.8, 4) is 0 Å². The van der Waals surface area contributed by atoms with E-state index in [1.54, 1.807) is 0 Å². The number of ether oxygens (including phenoxy) is 3. The Morgan fingerprint density at radius 3 is 1.18 bits per heavy atom. The molecule has 0 aromatic carbocycles. The van der Waals surface area contributed by atoms with Gasteiger partial charge in [-0.2, -0.15) is 0 Å². The first-order chi connectivity index (χ1) is 27.0. The molecule has 1 atom stereocenters. The summed E-state index contributed by atoms with van der Waals surface area (Å²) < 4.78 is 16.7. The van der Waals surface area contributed by atoms with E-state index in [-0.39, 0.29) is 31.1 Å². The predicted molar refractivity (Wildman–Crippen MR) is 233 cm³/mol. The number of esters is 3. The number of carbonyl (C=O) groups is 3. The molecule has 0 radical (unpaired) electrons. The van der Waals surface area contributed by atoms with Gasteiger partial charge in [-0.1, -0.05) is 185 Å². The van der Waals surface area contributed by atoms with Crippen LogP contribution in [0.25, 0.3) is 0 Å². The Labute approximate surface area is 339 Å². The van der Waals surface area contributed by atoms with Crippen molar-refractivity contribution in [3.63, 3.8) is 0 Å². The number of hydrogen-bond donors (Lipinski definition) is 0. The fourth-order valence-electron chi connectivity index (χ4n) is 6.32. The number of allylic oxidation sites excluding steroid dienone is 8. The van der Waals surface area contributed by atoms with Crippen LogP contribution in [-0.2, 0) is 28.6 Å². The number of carbonyl (C=O) groups excluding carboxylic acids is 3. The Morgan fingerprint density at radius 2 is 0.727 bits per heavy atom. The third-order valence-electron chi connectivity index (χ3n) is 9.82. The van der Waals surface area contributed by atoms with Gasteiger partial charge in [-0.05, 0) is 70.6 Å². The van der Waals surface area contributed by atoms with Crippen LogP contribution in [0.15, 0.2) is 48.6 Å². The third-order valence-corrected chi connectivity index (χ3v) is 9.82. The Balaban J connectivity index is 4.41. The minimum absolute atomic E-state index is 0.0814. The normalized spacial score (nSPS) is 12.4. The molecule has 0 unspecified atom stereocenters. The lowest BCUT2D eigenvalue weighted by Crippen LogP contribution is -2.30. The molecule has 0 rings (SSSR count). The van der Waals surface area contributed by atoms with Gasteiger partial charge < -0.3 is 14.2 Å². The molecule has 0 saturated carbocycles. The fourth-order valence-corrected chi connectivity index (χ4v) is 6.32. The second-order valence-electron chi connectivity index (χ2n) is 15.3. The Hall–Kier alpha value is -2.63. The maximum Gasteiger partial charge on any atom is 0.306 e. The summed E-state index contributed by atoms with van der Waals surface area (Å²) in [6, 6.07) is 0. The van der Waals surface area contributed by atoms with Crippen molar-refractivity contribution in [1.29, 1.82) is 0 Å². The zero-order valence-corrected chi connectivity index (χ0v) is 36.2. The topological polar surface area (TPSA) is 78.9 Å². The zero-order valence-electron chi connectivity index (χ0n) is 36.2. The summed E-state index contributed by atoms with van der Waals surface area (Å²) >= 11 is 0. The minimum Gasteiger partial charge on any atom is -0.462 e. The highest BCUT2D eigenvalue weighted by molar-refractivity contribution is 5.71. The van der Waals surface area contributed by atoms with E-state index in [0.717, 1.165) is 103 Å². The van der Waals surface area contributed by atoms with E-state index < -0.39 is 6.10 Å². The minimum atomic E-state index is -0.780. The molecule has 0 aliphatic carbocycles. The second-order valence-corrected chi connectivity index (χ2v) is 15.3. The van der Waals surface area contributed by atoms with Crippen molar-refractivity contribution >= 4 is 17.9 Å². The Bertz CT molecular complexity index is 980. The fraction of sp³-hybridized carbons (Fsp3) is 0.776. The number of unbranched alkanes of at least 4 members (excludes halogenated alkanes) is 22. The second kappa shape index (κ2) is 44.1. The molecule has 0 amide bonds. The zero-order chi connectivity index (χ0) is 40.1. The maximum atomic E-state index is 12.7. The van der Waals surface area contributed by atoms with Gasteiger partial charge in [-0.15, -0.1) is 0 Å². The summed E-state index contributed by atoms with van der Waals surface area (Å²) in [5, 5.41) is 0. The molecule has 6 heteroatoms. The highest BCUT2D eigenvalue weighted by atomic mass is 16.6. The molecular formula is C49H86O6. The van der Waals surface area contributed by atoms with Crippen LogP contribution in [0.1, 0.15) is 226 Å². The highest BCUT2D eigenvalue weighted by Gasteiger charge is 2.19. The van der Waals surface area contributed by atoms with E-state index in [1.807, 2.05) is 0 Å². The third kappa shape index (κ3) is 42.4. The molecule has 55 heavy (non-hydrogen) atoms. The lowest BCUT2D eigenvalue weighted by molar-refractivity contribution is -0.167. The van der Waals surface area contributed by atoms with E-state index >= 15 is 0 Å². The molecule has 0 aromatic heterocycles. The van der Waals surface area contributed by atoms with Crippen molar-refractivity contribution in [2.24, 2.45) is 0 Å². The number of rotatable bonds is 41. The Morgan fingerprint density at radius 1 is 0.382 bits per heavy atom. The molecule has 0 aliphatic heterocycles. The standard InChI is InChI=1S/C49H86O6/c1-4-7-10-13-16-19-22-23-24-25-28-31-34-37-40-43-49(52)55-46(44-53-47(50)41-38-35-32-29-26-20-17-14-11-8-5-2)45-54-48(51)42-39-36-33-30-27-21-18-15-12-9-6-3/h7,10,14,16-17,19,23-24,46H,4-6,8-9,11-13,15,18,20-22,25-45H2,1-3H3/b10-7-,17-14-,19-16-,24-23-/t46-/m1/s1. The van der Waals surface area contributed by atoms with Crippen LogP contribution in [0.3, 0.4) is 0 Å². The monoisotopic (exact) mass is 771 g/mol.